The van der Waals surface area contributed by atoms with Crippen molar-refractivity contribution in [2.24, 2.45) is 0 Å². The molecule has 3 aliphatic rings. The summed E-state index contributed by atoms with van der Waals surface area (Å²) in [5.41, 5.74) is 6.05. The highest BCUT2D eigenvalue weighted by molar-refractivity contribution is 5.94. The predicted octanol–water partition coefficient (Wildman–Crippen LogP) is 1.99. The Morgan fingerprint density at radius 2 is 1.86 bits per heavy atom. The van der Waals surface area contributed by atoms with E-state index in [1.807, 2.05) is 9.58 Å². The monoisotopic (exact) mass is 394 g/mol. The number of carbonyl (C=O) groups excluding carboxylic acids is 1. The Kier molecular flexibility index (Phi) is 5.14. The van der Waals surface area contributed by atoms with E-state index in [0.717, 1.165) is 38.6 Å². The van der Waals surface area contributed by atoms with E-state index in [2.05, 4.69) is 36.5 Å². The van der Waals surface area contributed by atoms with Gasteiger partial charge in [-0.05, 0) is 50.2 Å². The molecule has 1 aromatic carbocycles. The van der Waals surface area contributed by atoms with Crippen LogP contribution in [0.15, 0.2) is 24.3 Å². The number of ether oxygens (including phenoxy) is 1. The van der Waals surface area contributed by atoms with Crippen LogP contribution in [0.2, 0.25) is 0 Å². The first-order chi connectivity index (χ1) is 14.2. The first-order valence-corrected chi connectivity index (χ1v) is 11.0. The van der Waals surface area contributed by atoms with Crippen LogP contribution in [0.1, 0.15) is 46.2 Å². The Hall–Kier alpha value is -2.18. The molecule has 6 nitrogen and oxygen atoms in total. The number of fused-ring (bicyclic) bond motifs is 2. The quantitative estimate of drug-likeness (QED) is 0.862. The van der Waals surface area contributed by atoms with Gasteiger partial charge in [0.25, 0.3) is 5.91 Å². The molecule has 154 valence electrons. The topological polar surface area (TPSA) is 59.4 Å². The van der Waals surface area contributed by atoms with Gasteiger partial charge >= 0.3 is 0 Å². The van der Waals surface area contributed by atoms with Crippen molar-refractivity contribution in [2.45, 2.75) is 57.7 Å². The fourth-order valence-electron chi connectivity index (χ4n) is 5.19. The fraction of sp³-hybridized carbons (Fsp3) is 0.565. The maximum atomic E-state index is 13.2. The third-order valence-electron chi connectivity index (χ3n) is 6.67. The van der Waals surface area contributed by atoms with Gasteiger partial charge in [-0.1, -0.05) is 24.3 Å². The van der Waals surface area contributed by atoms with E-state index in [9.17, 15) is 4.79 Å². The van der Waals surface area contributed by atoms with Gasteiger partial charge in [0.2, 0.25) is 0 Å². The van der Waals surface area contributed by atoms with Crippen LogP contribution < -0.4 is 5.32 Å². The van der Waals surface area contributed by atoms with Gasteiger partial charge in [0.05, 0.1) is 13.2 Å². The molecule has 0 saturated carbocycles. The van der Waals surface area contributed by atoms with E-state index in [1.165, 1.54) is 22.4 Å². The summed E-state index contributed by atoms with van der Waals surface area (Å²) in [6.45, 7) is 5.48. The van der Waals surface area contributed by atoms with Gasteiger partial charge in [-0.25, -0.2) is 0 Å². The molecule has 1 unspecified atom stereocenters. The smallest absolute Gasteiger partial charge is 0.274 e. The summed E-state index contributed by atoms with van der Waals surface area (Å²) in [6.07, 6.45) is 5.20. The van der Waals surface area contributed by atoms with Crippen LogP contribution in [-0.2, 0) is 37.0 Å². The van der Waals surface area contributed by atoms with E-state index in [0.29, 0.717) is 44.1 Å². The van der Waals surface area contributed by atoms with Gasteiger partial charge in [0, 0.05) is 43.0 Å². The van der Waals surface area contributed by atoms with Crippen LogP contribution in [-0.4, -0.2) is 59.0 Å². The molecule has 0 radical (unpaired) electrons. The second kappa shape index (κ2) is 7.92. The van der Waals surface area contributed by atoms with Crippen molar-refractivity contribution in [3.63, 3.8) is 0 Å². The predicted molar refractivity (Wildman–Crippen MR) is 111 cm³/mol. The standard InChI is InChI=1S/C23H30N4O2/c1-2-27-21-8-7-18(24-19-13-16-5-3-4-6-17(16)14-19)15-20(21)22(25-27)23(28)26-9-11-29-12-10-26/h3-6,18-19,24H,2,7-15H2,1H3. The third kappa shape index (κ3) is 3.60. The number of rotatable bonds is 4. The Morgan fingerprint density at radius 3 is 2.55 bits per heavy atom. The maximum Gasteiger partial charge on any atom is 0.274 e. The lowest BCUT2D eigenvalue weighted by molar-refractivity contribution is 0.0297. The number of hydrogen-bond donors (Lipinski definition) is 1. The number of aromatic nitrogens is 2. The van der Waals surface area contributed by atoms with E-state index >= 15 is 0 Å². The van der Waals surface area contributed by atoms with Crippen LogP contribution in [0.25, 0.3) is 0 Å². The van der Waals surface area contributed by atoms with E-state index in [-0.39, 0.29) is 5.91 Å². The highest BCUT2D eigenvalue weighted by Crippen LogP contribution is 2.28. The van der Waals surface area contributed by atoms with Crippen molar-refractivity contribution in [3.8, 4) is 0 Å². The SMILES string of the molecule is CCn1nc(C(=O)N2CCOCC2)c2c1CCC(NC1Cc3ccccc3C1)C2. The molecular formula is C23H30N4O2. The minimum Gasteiger partial charge on any atom is -0.378 e. The molecule has 0 bridgehead atoms. The Labute approximate surface area is 172 Å². The first kappa shape index (κ1) is 18.8. The van der Waals surface area contributed by atoms with Crippen LogP contribution in [0.4, 0.5) is 0 Å². The van der Waals surface area contributed by atoms with E-state index in [4.69, 9.17) is 9.84 Å². The van der Waals surface area contributed by atoms with Crippen molar-refractivity contribution in [1.29, 1.82) is 0 Å². The van der Waals surface area contributed by atoms with E-state index in [1.54, 1.807) is 0 Å². The zero-order valence-electron chi connectivity index (χ0n) is 17.2. The number of amides is 1. The number of hydrogen-bond acceptors (Lipinski definition) is 4. The van der Waals surface area contributed by atoms with Crippen LogP contribution in [0, 0.1) is 0 Å². The molecule has 29 heavy (non-hydrogen) atoms. The van der Waals surface area contributed by atoms with Gasteiger partial charge < -0.3 is 15.0 Å². The number of morpholine rings is 1. The number of nitrogens with zero attached hydrogens (tertiary/aromatic N) is 3. The molecule has 1 atom stereocenters. The second-order valence-corrected chi connectivity index (χ2v) is 8.47. The molecule has 1 fully saturated rings. The van der Waals surface area contributed by atoms with Crippen LogP contribution in [0.3, 0.4) is 0 Å². The van der Waals surface area contributed by atoms with Crippen molar-refractivity contribution >= 4 is 5.91 Å². The molecule has 1 aromatic heterocycles. The zero-order chi connectivity index (χ0) is 19.8. The summed E-state index contributed by atoms with van der Waals surface area (Å²) in [7, 11) is 0. The third-order valence-corrected chi connectivity index (χ3v) is 6.67. The molecule has 1 aliphatic heterocycles. The Morgan fingerprint density at radius 1 is 1.14 bits per heavy atom. The van der Waals surface area contributed by atoms with Crippen molar-refractivity contribution < 1.29 is 9.53 Å². The molecule has 0 spiro atoms. The van der Waals surface area contributed by atoms with Crippen molar-refractivity contribution in [2.75, 3.05) is 26.3 Å². The van der Waals surface area contributed by atoms with E-state index < -0.39 is 0 Å². The molecule has 2 aromatic rings. The fourth-order valence-corrected chi connectivity index (χ4v) is 5.19. The van der Waals surface area contributed by atoms with Crippen LogP contribution in [0.5, 0.6) is 0 Å². The number of nitrogens with one attached hydrogen (secondary N) is 1. The van der Waals surface area contributed by atoms with Gasteiger partial charge in [-0.3, -0.25) is 9.48 Å². The van der Waals surface area contributed by atoms with Crippen molar-refractivity contribution in [3.05, 3.63) is 52.3 Å². The molecule has 1 saturated heterocycles. The lowest BCUT2D eigenvalue weighted by Crippen LogP contribution is -2.43. The van der Waals surface area contributed by atoms with Crippen LogP contribution >= 0.6 is 0 Å². The molecule has 6 heteroatoms. The molecular weight excluding hydrogens is 364 g/mol. The Bertz CT molecular complexity index is 875. The number of aryl methyl sites for hydroxylation is 1. The normalized spacial score (nSPS) is 21.8. The van der Waals surface area contributed by atoms with Gasteiger partial charge in [0.15, 0.2) is 5.69 Å². The summed E-state index contributed by atoms with van der Waals surface area (Å²) >= 11 is 0. The largest absolute Gasteiger partial charge is 0.378 e. The average molecular weight is 395 g/mol. The summed E-state index contributed by atoms with van der Waals surface area (Å²) in [5.74, 6) is 0.0747. The highest BCUT2D eigenvalue weighted by Gasteiger charge is 2.33. The molecule has 2 heterocycles. The van der Waals surface area contributed by atoms with Crippen molar-refractivity contribution in [1.82, 2.24) is 20.0 Å². The number of carbonyl (C=O) groups is 1. The summed E-state index contributed by atoms with van der Waals surface area (Å²) in [4.78, 5) is 15.1. The second-order valence-electron chi connectivity index (χ2n) is 8.47. The molecule has 1 amide bonds. The first-order valence-electron chi connectivity index (χ1n) is 11.0. The lowest BCUT2D eigenvalue weighted by Gasteiger charge is -2.29. The minimum atomic E-state index is 0.0747. The molecule has 2 aliphatic carbocycles. The van der Waals surface area contributed by atoms with Gasteiger partial charge in [0.1, 0.15) is 0 Å². The van der Waals surface area contributed by atoms with Gasteiger partial charge in [-0.15, -0.1) is 0 Å². The highest BCUT2D eigenvalue weighted by atomic mass is 16.5. The summed E-state index contributed by atoms with van der Waals surface area (Å²) < 4.78 is 7.46. The summed E-state index contributed by atoms with van der Waals surface area (Å²) in [5, 5.41) is 8.64. The average Bonchev–Trinajstić information content (AvgIpc) is 3.34. The zero-order valence-corrected chi connectivity index (χ0v) is 17.2. The Balaban J connectivity index is 1.32. The molecule has 5 rings (SSSR count). The maximum absolute atomic E-state index is 13.2. The number of benzene rings is 1. The lowest BCUT2D eigenvalue weighted by atomic mass is 9.90. The minimum absolute atomic E-state index is 0.0747. The summed E-state index contributed by atoms with van der Waals surface area (Å²) in [6, 6.07) is 9.68. The van der Waals surface area contributed by atoms with Gasteiger partial charge in [-0.2, -0.15) is 5.10 Å². The molecule has 1 N–H and O–H groups in total.